The Kier molecular flexibility index (Phi) is 5.43. The molecule has 0 amide bonds. The maximum Gasteiger partial charge on any atom is 0.138 e. The summed E-state index contributed by atoms with van der Waals surface area (Å²) in [5.41, 5.74) is 1.23. The Labute approximate surface area is 158 Å². The lowest BCUT2D eigenvalue weighted by Gasteiger charge is -2.33. The van der Waals surface area contributed by atoms with Crippen LogP contribution in [0.1, 0.15) is 12.8 Å². The summed E-state index contributed by atoms with van der Waals surface area (Å²) in [6.45, 7) is 3.96. The van der Waals surface area contributed by atoms with Crippen LogP contribution in [0.3, 0.4) is 0 Å². The number of aromatic nitrogens is 2. The van der Waals surface area contributed by atoms with Gasteiger partial charge < -0.3 is 10.1 Å². The van der Waals surface area contributed by atoms with Crippen LogP contribution in [0.5, 0.6) is 0 Å². The number of methoxy groups -OCH3 is 1. The highest BCUT2D eigenvalue weighted by atomic mass is 32.1. The first kappa shape index (κ1) is 17.4. The third-order valence-corrected chi connectivity index (χ3v) is 5.94. The molecule has 1 aromatic carbocycles. The molecule has 2 aromatic heterocycles. The van der Waals surface area contributed by atoms with E-state index in [-0.39, 0.29) is 0 Å². The molecule has 1 aliphatic rings. The summed E-state index contributed by atoms with van der Waals surface area (Å²) in [6.07, 6.45) is 4.04. The summed E-state index contributed by atoms with van der Waals surface area (Å²) < 4.78 is 5.22. The second kappa shape index (κ2) is 8.12. The van der Waals surface area contributed by atoms with Crippen LogP contribution in [-0.2, 0) is 4.74 Å². The summed E-state index contributed by atoms with van der Waals surface area (Å²) in [6, 6.07) is 13.1. The number of piperidine rings is 1. The minimum atomic E-state index is 0.416. The van der Waals surface area contributed by atoms with Crippen molar-refractivity contribution in [1.29, 1.82) is 0 Å². The number of rotatable bonds is 6. The summed E-state index contributed by atoms with van der Waals surface area (Å²) in [7, 11) is 1.76. The van der Waals surface area contributed by atoms with E-state index in [0.29, 0.717) is 6.04 Å². The van der Waals surface area contributed by atoms with Crippen molar-refractivity contribution in [3.8, 4) is 10.4 Å². The van der Waals surface area contributed by atoms with Crippen LogP contribution in [0, 0.1) is 0 Å². The van der Waals surface area contributed by atoms with Crippen molar-refractivity contribution in [1.82, 2.24) is 14.9 Å². The van der Waals surface area contributed by atoms with Gasteiger partial charge in [-0.1, -0.05) is 30.3 Å². The summed E-state index contributed by atoms with van der Waals surface area (Å²) >= 11 is 1.72. The third kappa shape index (κ3) is 3.87. The number of ether oxygens (including phenoxy) is 1. The molecule has 4 rings (SSSR count). The van der Waals surface area contributed by atoms with E-state index in [1.165, 1.54) is 23.3 Å². The minimum absolute atomic E-state index is 0.416. The Hall–Kier alpha value is -2.02. The first-order chi connectivity index (χ1) is 12.8. The molecule has 1 N–H and O–H groups in total. The Bertz CT molecular complexity index is 851. The monoisotopic (exact) mass is 368 g/mol. The Balaban J connectivity index is 1.54. The number of benzene rings is 1. The van der Waals surface area contributed by atoms with Crippen molar-refractivity contribution in [2.75, 3.05) is 38.7 Å². The molecule has 1 fully saturated rings. The maximum absolute atomic E-state index is 5.22. The van der Waals surface area contributed by atoms with Gasteiger partial charge in [-0.2, -0.15) is 0 Å². The maximum atomic E-state index is 5.22. The van der Waals surface area contributed by atoms with Gasteiger partial charge in [-0.25, -0.2) is 9.97 Å². The van der Waals surface area contributed by atoms with Crippen molar-refractivity contribution in [3.63, 3.8) is 0 Å². The topological polar surface area (TPSA) is 50.3 Å². The number of hydrogen-bond donors (Lipinski definition) is 1. The molecule has 3 heterocycles. The fourth-order valence-corrected chi connectivity index (χ4v) is 4.51. The molecule has 0 radical (unpaired) electrons. The van der Waals surface area contributed by atoms with Crippen LogP contribution < -0.4 is 5.32 Å². The van der Waals surface area contributed by atoms with E-state index in [0.717, 1.165) is 42.3 Å². The van der Waals surface area contributed by atoms with Crippen LogP contribution in [0.15, 0.2) is 42.7 Å². The Morgan fingerprint density at radius 2 is 2.15 bits per heavy atom. The van der Waals surface area contributed by atoms with Gasteiger partial charge in [0.2, 0.25) is 0 Å². The molecule has 0 bridgehead atoms. The lowest BCUT2D eigenvalue weighted by Crippen LogP contribution is -2.43. The Morgan fingerprint density at radius 1 is 1.27 bits per heavy atom. The highest BCUT2D eigenvalue weighted by Gasteiger charge is 2.21. The number of hydrogen-bond acceptors (Lipinski definition) is 6. The quantitative estimate of drug-likeness (QED) is 0.715. The fraction of sp³-hybridized carbons (Fsp3) is 0.400. The molecule has 1 aliphatic heterocycles. The zero-order chi connectivity index (χ0) is 17.8. The molecule has 0 spiro atoms. The van der Waals surface area contributed by atoms with Crippen LogP contribution in [0.4, 0.5) is 5.82 Å². The van der Waals surface area contributed by atoms with Crippen molar-refractivity contribution in [2.45, 2.75) is 18.9 Å². The van der Waals surface area contributed by atoms with Gasteiger partial charge in [-0.3, -0.25) is 4.90 Å². The van der Waals surface area contributed by atoms with Gasteiger partial charge in [-0.15, -0.1) is 11.3 Å². The summed E-state index contributed by atoms with van der Waals surface area (Å²) in [5, 5.41) is 4.78. The third-order valence-electron chi connectivity index (χ3n) is 4.85. The van der Waals surface area contributed by atoms with Crippen LogP contribution in [0.2, 0.25) is 0 Å². The van der Waals surface area contributed by atoms with Gasteiger partial charge in [0.15, 0.2) is 0 Å². The SMILES string of the molecule is COCCN1CCCC(Nc2ncnc3sc(-c4ccccc4)cc23)C1. The van der Waals surface area contributed by atoms with Gasteiger partial charge in [0.25, 0.3) is 0 Å². The average Bonchev–Trinajstić information content (AvgIpc) is 3.13. The predicted octanol–water partition coefficient (Wildman–Crippen LogP) is 3.88. The van der Waals surface area contributed by atoms with Crippen molar-refractivity contribution >= 4 is 27.4 Å². The van der Waals surface area contributed by atoms with Gasteiger partial charge >= 0.3 is 0 Å². The van der Waals surface area contributed by atoms with Crippen molar-refractivity contribution in [2.24, 2.45) is 0 Å². The predicted molar refractivity (Wildman–Crippen MR) is 108 cm³/mol. The lowest BCUT2D eigenvalue weighted by atomic mass is 10.1. The highest BCUT2D eigenvalue weighted by Crippen LogP contribution is 2.35. The normalized spacial score (nSPS) is 18.3. The van der Waals surface area contributed by atoms with Crippen molar-refractivity contribution < 1.29 is 4.74 Å². The zero-order valence-electron chi connectivity index (χ0n) is 15.0. The number of anilines is 1. The standard InChI is InChI=1S/C20H24N4OS/c1-25-11-10-24-9-5-8-16(13-24)23-19-17-12-18(15-6-3-2-4-7-15)26-20(17)22-14-21-19/h2-4,6-7,12,14,16H,5,8-11,13H2,1H3,(H,21,22,23). The fourth-order valence-electron chi connectivity index (χ4n) is 3.51. The smallest absolute Gasteiger partial charge is 0.138 e. The molecule has 1 atom stereocenters. The van der Waals surface area contributed by atoms with Crippen LogP contribution >= 0.6 is 11.3 Å². The molecular weight excluding hydrogens is 344 g/mol. The largest absolute Gasteiger partial charge is 0.383 e. The molecule has 0 saturated carbocycles. The van der Waals surface area contributed by atoms with Gasteiger partial charge in [-0.05, 0) is 31.0 Å². The minimum Gasteiger partial charge on any atom is -0.383 e. The summed E-state index contributed by atoms with van der Waals surface area (Å²) in [5.74, 6) is 0.951. The van der Waals surface area contributed by atoms with Crippen LogP contribution in [-0.4, -0.2) is 54.3 Å². The second-order valence-corrected chi connectivity index (χ2v) is 7.73. The number of fused-ring (bicyclic) bond motifs is 1. The second-order valence-electron chi connectivity index (χ2n) is 6.69. The van der Waals surface area contributed by atoms with E-state index in [2.05, 4.69) is 50.5 Å². The molecule has 26 heavy (non-hydrogen) atoms. The van der Waals surface area contributed by atoms with Crippen LogP contribution in [0.25, 0.3) is 20.7 Å². The zero-order valence-corrected chi connectivity index (χ0v) is 15.8. The molecule has 5 nitrogen and oxygen atoms in total. The van der Waals surface area contributed by atoms with E-state index in [9.17, 15) is 0 Å². The number of likely N-dealkylation sites (tertiary alicyclic amines) is 1. The van der Waals surface area contributed by atoms with E-state index >= 15 is 0 Å². The Morgan fingerprint density at radius 3 is 3.00 bits per heavy atom. The molecular formula is C20H24N4OS. The average molecular weight is 369 g/mol. The number of thiophene rings is 1. The first-order valence-corrected chi connectivity index (χ1v) is 9.93. The molecule has 6 heteroatoms. The highest BCUT2D eigenvalue weighted by molar-refractivity contribution is 7.21. The van der Waals surface area contributed by atoms with Crippen molar-refractivity contribution in [3.05, 3.63) is 42.7 Å². The first-order valence-electron chi connectivity index (χ1n) is 9.11. The molecule has 136 valence electrons. The van der Waals surface area contributed by atoms with Gasteiger partial charge in [0.1, 0.15) is 17.0 Å². The van der Waals surface area contributed by atoms with E-state index < -0.39 is 0 Å². The number of nitrogens with one attached hydrogen (secondary N) is 1. The van der Waals surface area contributed by atoms with E-state index in [1.807, 2.05) is 6.07 Å². The van der Waals surface area contributed by atoms with E-state index in [1.54, 1.807) is 24.8 Å². The molecule has 0 aliphatic carbocycles. The molecule has 1 saturated heterocycles. The molecule has 3 aromatic rings. The van der Waals surface area contributed by atoms with Gasteiger partial charge in [0.05, 0.1) is 12.0 Å². The van der Waals surface area contributed by atoms with E-state index in [4.69, 9.17) is 4.74 Å². The summed E-state index contributed by atoms with van der Waals surface area (Å²) in [4.78, 5) is 13.7. The molecule has 1 unspecified atom stereocenters. The lowest BCUT2D eigenvalue weighted by molar-refractivity contribution is 0.131. The van der Waals surface area contributed by atoms with Gasteiger partial charge in [0, 0.05) is 31.1 Å². The number of nitrogens with zero attached hydrogens (tertiary/aromatic N) is 3.